The van der Waals surface area contributed by atoms with E-state index in [1.165, 1.54) is 5.56 Å². The third-order valence-corrected chi connectivity index (χ3v) is 4.11. The van der Waals surface area contributed by atoms with Gasteiger partial charge >= 0.3 is 0 Å². The van der Waals surface area contributed by atoms with Crippen molar-refractivity contribution in [2.45, 2.75) is 25.6 Å². The summed E-state index contributed by atoms with van der Waals surface area (Å²) in [6.45, 7) is 1.32. The smallest absolute Gasteiger partial charge is 0.132 e. The molecule has 1 aromatic heterocycles. The van der Waals surface area contributed by atoms with Crippen LogP contribution in [-0.2, 0) is 24.3 Å². The van der Waals surface area contributed by atoms with Crippen LogP contribution in [0, 0.1) is 0 Å². The molecule has 25 heavy (non-hydrogen) atoms. The number of carboxylic acid groups (broad SMARTS) is 1. The molecule has 0 aliphatic rings. The number of nitrogens with two attached hydrogens (primary N) is 1. The van der Waals surface area contributed by atoms with Crippen LogP contribution < -0.4 is 10.4 Å². The number of hydrogen-bond donors (Lipinski definition) is 1. The SMILES string of the molecule is O=C([O-])[C@@H](Cc1cn(Cc2ccccc2)cn1)[NH2+]Cc1ccccc1. The van der Waals surface area contributed by atoms with E-state index >= 15 is 0 Å². The number of aliphatic carboxylic acids is 1. The first-order chi connectivity index (χ1) is 12.2. The molecule has 0 saturated carbocycles. The first-order valence-corrected chi connectivity index (χ1v) is 8.33. The summed E-state index contributed by atoms with van der Waals surface area (Å²) in [7, 11) is 0. The van der Waals surface area contributed by atoms with Gasteiger partial charge in [-0.2, -0.15) is 0 Å². The third kappa shape index (κ3) is 5.02. The Morgan fingerprint density at radius 1 is 1.04 bits per heavy atom. The lowest BCUT2D eigenvalue weighted by Crippen LogP contribution is -2.92. The number of imidazole rings is 1. The molecule has 0 spiro atoms. The maximum Gasteiger partial charge on any atom is 0.132 e. The van der Waals surface area contributed by atoms with Crippen molar-refractivity contribution in [1.82, 2.24) is 9.55 Å². The number of hydrogen-bond acceptors (Lipinski definition) is 3. The van der Waals surface area contributed by atoms with Crippen molar-refractivity contribution in [1.29, 1.82) is 0 Å². The van der Waals surface area contributed by atoms with Gasteiger partial charge in [-0.3, -0.25) is 0 Å². The van der Waals surface area contributed by atoms with E-state index in [4.69, 9.17) is 0 Å². The van der Waals surface area contributed by atoms with Crippen LogP contribution in [0.4, 0.5) is 0 Å². The largest absolute Gasteiger partial charge is 0.544 e. The van der Waals surface area contributed by atoms with Crippen molar-refractivity contribution in [3.8, 4) is 0 Å². The summed E-state index contributed by atoms with van der Waals surface area (Å²) >= 11 is 0. The lowest BCUT2D eigenvalue weighted by Gasteiger charge is -2.15. The fourth-order valence-corrected chi connectivity index (χ4v) is 2.77. The normalized spacial score (nSPS) is 12.0. The second-order valence-corrected chi connectivity index (χ2v) is 6.08. The summed E-state index contributed by atoms with van der Waals surface area (Å²) in [5.74, 6) is -1.06. The van der Waals surface area contributed by atoms with E-state index in [2.05, 4.69) is 17.1 Å². The van der Waals surface area contributed by atoms with Crippen LogP contribution in [0.1, 0.15) is 16.8 Å². The predicted octanol–water partition coefficient (Wildman–Crippen LogP) is 0.356. The minimum atomic E-state index is -1.06. The number of quaternary nitrogens is 1. The van der Waals surface area contributed by atoms with E-state index < -0.39 is 12.0 Å². The van der Waals surface area contributed by atoms with Crippen LogP contribution in [0.25, 0.3) is 0 Å². The molecule has 1 atom stereocenters. The molecule has 128 valence electrons. The van der Waals surface area contributed by atoms with E-state index in [-0.39, 0.29) is 0 Å². The number of carbonyl (C=O) groups is 1. The number of rotatable bonds is 8. The summed E-state index contributed by atoms with van der Waals surface area (Å²) in [5.41, 5.74) is 3.02. The Labute approximate surface area is 147 Å². The number of carbonyl (C=O) groups excluding carboxylic acids is 1. The van der Waals surface area contributed by atoms with Crippen molar-refractivity contribution in [3.63, 3.8) is 0 Å². The standard InChI is InChI=1S/C20H21N3O2/c24-20(25)19(21-12-16-7-3-1-4-8-16)11-18-14-23(15-22-18)13-17-9-5-2-6-10-17/h1-10,14-15,19,21H,11-13H2,(H,24,25)/t19-/m1/s1. The van der Waals surface area contributed by atoms with Gasteiger partial charge in [-0.15, -0.1) is 0 Å². The summed E-state index contributed by atoms with van der Waals surface area (Å²) in [5, 5.41) is 13.2. The third-order valence-electron chi connectivity index (χ3n) is 4.11. The average molecular weight is 335 g/mol. The van der Waals surface area contributed by atoms with Gasteiger partial charge < -0.3 is 19.8 Å². The highest BCUT2D eigenvalue weighted by Gasteiger charge is 2.16. The molecule has 0 saturated heterocycles. The second-order valence-electron chi connectivity index (χ2n) is 6.08. The molecule has 5 nitrogen and oxygen atoms in total. The maximum atomic E-state index is 11.4. The van der Waals surface area contributed by atoms with Crippen molar-refractivity contribution >= 4 is 5.97 Å². The molecule has 3 rings (SSSR count). The Balaban J connectivity index is 1.59. The van der Waals surface area contributed by atoms with Gasteiger partial charge in [-0.25, -0.2) is 4.98 Å². The number of aromatic nitrogens is 2. The lowest BCUT2D eigenvalue weighted by atomic mass is 10.1. The summed E-state index contributed by atoms with van der Waals surface area (Å²) in [6.07, 6.45) is 3.99. The quantitative estimate of drug-likeness (QED) is 0.646. The minimum Gasteiger partial charge on any atom is -0.544 e. The van der Waals surface area contributed by atoms with Gasteiger partial charge in [0.05, 0.1) is 18.0 Å². The van der Waals surface area contributed by atoms with E-state index in [1.807, 2.05) is 59.3 Å². The highest BCUT2D eigenvalue weighted by molar-refractivity contribution is 5.69. The molecule has 0 aliphatic heterocycles. The lowest BCUT2D eigenvalue weighted by molar-refractivity contribution is -0.698. The van der Waals surface area contributed by atoms with Crippen molar-refractivity contribution < 1.29 is 15.2 Å². The van der Waals surface area contributed by atoms with Gasteiger partial charge in [0.1, 0.15) is 12.6 Å². The predicted molar refractivity (Wildman–Crippen MR) is 92.3 cm³/mol. The molecule has 3 aromatic rings. The van der Waals surface area contributed by atoms with Gasteiger partial charge in [0.2, 0.25) is 0 Å². The van der Waals surface area contributed by atoms with Gasteiger partial charge in [-0.05, 0) is 5.56 Å². The summed E-state index contributed by atoms with van der Waals surface area (Å²) in [4.78, 5) is 15.8. The maximum absolute atomic E-state index is 11.4. The minimum absolute atomic E-state index is 0.344. The molecular weight excluding hydrogens is 314 g/mol. The molecule has 2 aromatic carbocycles. The number of carboxylic acids is 1. The van der Waals surface area contributed by atoms with E-state index in [9.17, 15) is 9.90 Å². The number of benzene rings is 2. The first-order valence-electron chi connectivity index (χ1n) is 8.33. The van der Waals surface area contributed by atoms with Gasteiger partial charge in [0.15, 0.2) is 0 Å². The number of nitrogens with zero attached hydrogens (tertiary/aromatic N) is 2. The van der Waals surface area contributed by atoms with E-state index in [1.54, 1.807) is 11.6 Å². The van der Waals surface area contributed by atoms with Gasteiger partial charge in [0.25, 0.3) is 0 Å². The van der Waals surface area contributed by atoms with Crippen molar-refractivity contribution in [2.24, 2.45) is 0 Å². The van der Waals surface area contributed by atoms with Crippen LogP contribution in [0.2, 0.25) is 0 Å². The van der Waals surface area contributed by atoms with Gasteiger partial charge in [-0.1, -0.05) is 60.7 Å². The zero-order valence-corrected chi connectivity index (χ0v) is 13.9. The Morgan fingerprint density at radius 2 is 1.68 bits per heavy atom. The Morgan fingerprint density at radius 3 is 2.32 bits per heavy atom. The topological polar surface area (TPSA) is 74.6 Å². The fourth-order valence-electron chi connectivity index (χ4n) is 2.77. The molecule has 0 fully saturated rings. The van der Waals surface area contributed by atoms with Crippen molar-refractivity contribution in [3.05, 3.63) is 90.0 Å². The zero-order valence-electron chi connectivity index (χ0n) is 13.9. The van der Waals surface area contributed by atoms with E-state index in [0.29, 0.717) is 13.0 Å². The molecular formula is C20H21N3O2. The van der Waals surface area contributed by atoms with E-state index in [0.717, 1.165) is 17.8 Å². The zero-order chi connectivity index (χ0) is 17.5. The first kappa shape index (κ1) is 16.9. The molecule has 2 N–H and O–H groups in total. The summed E-state index contributed by atoms with van der Waals surface area (Å²) < 4.78 is 1.97. The second kappa shape index (κ2) is 8.26. The molecule has 0 bridgehead atoms. The highest BCUT2D eigenvalue weighted by Crippen LogP contribution is 2.05. The molecule has 0 radical (unpaired) electrons. The van der Waals surface area contributed by atoms with Crippen LogP contribution >= 0.6 is 0 Å². The molecule has 0 unspecified atom stereocenters. The highest BCUT2D eigenvalue weighted by atomic mass is 16.4. The monoisotopic (exact) mass is 335 g/mol. The molecule has 0 amide bonds. The Hall–Kier alpha value is -2.92. The van der Waals surface area contributed by atoms with Gasteiger partial charge in [0, 0.05) is 24.7 Å². The van der Waals surface area contributed by atoms with Crippen molar-refractivity contribution in [2.75, 3.05) is 0 Å². The fraction of sp³-hybridized carbons (Fsp3) is 0.200. The van der Waals surface area contributed by atoms with Crippen LogP contribution in [0.5, 0.6) is 0 Å². The Bertz CT molecular complexity index is 800. The molecule has 1 heterocycles. The summed E-state index contributed by atoms with van der Waals surface area (Å²) in [6, 6.07) is 19.2. The van der Waals surface area contributed by atoms with Crippen LogP contribution in [-0.4, -0.2) is 21.6 Å². The Kier molecular flexibility index (Phi) is 5.59. The molecule has 5 heteroatoms. The average Bonchev–Trinajstić information content (AvgIpc) is 3.07. The van der Waals surface area contributed by atoms with Crippen LogP contribution in [0.3, 0.4) is 0 Å². The van der Waals surface area contributed by atoms with Crippen LogP contribution in [0.15, 0.2) is 73.2 Å². The molecule has 0 aliphatic carbocycles.